The van der Waals surface area contributed by atoms with Gasteiger partial charge in [-0.25, -0.2) is 14.5 Å². The van der Waals surface area contributed by atoms with Gasteiger partial charge in [0.2, 0.25) is 6.79 Å². The van der Waals surface area contributed by atoms with Gasteiger partial charge in [0.05, 0.1) is 16.9 Å². The number of aryl methyl sites for hydroxylation is 2. The lowest BCUT2D eigenvalue weighted by Gasteiger charge is -2.25. The predicted octanol–water partition coefficient (Wildman–Crippen LogP) is 2.38. The molecule has 2 aromatic rings. The van der Waals surface area contributed by atoms with Gasteiger partial charge in [-0.1, -0.05) is 13.0 Å². The molecule has 12 nitrogen and oxygen atoms in total. The third kappa shape index (κ3) is 6.97. The number of esters is 1. The van der Waals surface area contributed by atoms with Crippen LogP contribution in [0.25, 0.3) is 0 Å². The van der Waals surface area contributed by atoms with E-state index in [4.69, 9.17) is 14.9 Å². The lowest BCUT2D eigenvalue weighted by Crippen LogP contribution is -2.40. The van der Waals surface area contributed by atoms with Crippen molar-refractivity contribution in [2.45, 2.75) is 47.1 Å². The van der Waals surface area contributed by atoms with Crippen molar-refractivity contribution in [3.05, 3.63) is 52.3 Å². The Hall–Kier alpha value is -4.19. The van der Waals surface area contributed by atoms with Gasteiger partial charge in [0.15, 0.2) is 5.84 Å². The molecule has 0 saturated heterocycles. The summed E-state index contributed by atoms with van der Waals surface area (Å²) in [5, 5.41) is 23.8. The van der Waals surface area contributed by atoms with Crippen LogP contribution >= 0.6 is 0 Å². The molecule has 3 amide bonds. The molecule has 0 radical (unpaired) electrons. The molecule has 1 unspecified atom stereocenters. The predicted molar refractivity (Wildman–Crippen MR) is 140 cm³/mol. The molecule has 4 N–H and O–H groups in total. The first kappa shape index (κ1) is 30.0. The maximum atomic E-state index is 13.3. The highest BCUT2D eigenvalue weighted by atomic mass is 16.7. The van der Waals surface area contributed by atoms with Gasteiger partial charge >= 0.3 is 12.1 Å². The van der Waals surface area contributed by atoms with E-state index >= 15 is 0 Å². The molecule has 0 aliphatic carbocycles. The minimum Gasteiger partial charge on any atom is -0.426 e. The molecular weight excluding hydrogens is 494 g/mol. The number of aliphatic hydroxyl groups excluding tert-OH is 1. The van der Waals surface area contributed by atoms with Crippen molar-refractivity contribution >= 4 is 35.4 Å². The van der Waals surface area contributed by atoms with E-state index in [-0.39, 0.29) is 34.6 Å². The maximum Gasteiger partial charge on any atom is 0.423 e. The van der Waals surface area contributed by atoms with E-state index in [1.807, 2.05) is 6.92 Å². The van der Waals surface area contributed by atoms with E-state index in [0.29, 0.717) is 29.8 Å². The van der Waals surface area contributed by atoms with Crippen LogP contribution in [0.3, 0.4) is 0 Å². The SMILES string of the molecule is CCCNC(=O)c1ccc(C)c(N(C(=N)c2c(C)c(C(=O)NCC)cn2C)C(=O)OCOC(=O)C(C)O)c1. The fraction of sp³-hybridized carbons (Fsp3) is 0.423. The Balaban J connectivity index is 2.56. The van der Waals surface area contributed by atoms with Crippen LogP contribution in [-0.4, -0.2) is 65.4 Å². The van der Waals surface area contributed by atoms with Crippen LogP contribution < -0.4 is 15.5 Å². The number of hydrogen-bond donors (Lipinski definition) is 4. The Morgan fingerprint density at radius 2 is 1.79 bits per heavy atom. The number of aromatic nitrogens is 1. The van der Waals surface area contributed by atoms with Gasteiger partial charge in [-0.3, -0.25) is 15.0 Å². The second-order valence-corrected chi connectivity index (χ2v) is 8.60. The molecule has 1 heterocycles. The largest absolute Gasteiger partial charge is 0.426 e. The number of carbonyl (C=O) groups is 4. The molecular formula is C26H35N5O7. The summed E-state index contributed by atoms with van der Waals surface area (Å²) in [7, 11) is 1.63. The topological polar surface area (TPSA) is 163 Å². The molecule has 0 saturated carbocycles. The van der Waals surface area contributed by atoms with Crippen molar-refractivity contribution in [3.63, 3.8) is 0 Å². The Morgan fingerprint density at radius 3 is 2.39 bits per heavy atom. The molecule has 1 atom stereocenters. The molecule has 0 spiro atoms. The van der Waals surface area contributed by atoms with Crippen LogP contribution in [0.2, 0.25) is 0 Å². The van der Waals surface area contributed by atoms with Crippen molar-refractivity contribution in [1.82, 2.24) is 15.2 Å². The highest BCUT2D eigenvalue weighted by Crippen LogP contribution is 2.27. The van der Waals surface area contributed by atoms with Gasteiger partial charge in [-0.2, -0.15) is 0 Å². The highest BCUT2D eigenvalue weighted by molar-refractivity contribution is 6.21. The number of hydrogen-bond acceptors (Lipinski definition) is 8. The summed E-state index contributed by atoms with van der Waals surface area (Å²) in [5.41, 5.74) is 2.04. The van der Waals surface area contributed by atoms with E-state index in [0.717, 1.165) is 11.3 Å². The normalized spacial score (nSPS) is 11.3. The number of aliphatic hydroxyl groups is 1. The molecule has 1 aromatic heterocycles. The Bertz CT molecular complexity index is 1220. The molecule has 0 bridgehead atoms. The van der Waals surface area contributed by atoms with Gasteiger partial charge in [-0.05, 0) is 57.4 Å². The lowest BCUT2D eigenvalue weighted by molar-refractivity contribution is -0.160. The average molecular weight is 530 g/mol. The van der Waals surface area contributed by atoms with E-state index in [2.05, 4.69) is 10.6 Å². The molecule has 0 aliphatic rings. The molecule has 0 aliphatic heterocycles. The van der Waals surface area contributed by atoms with Crippen LogP contribution in [0.1, 0.15) is 64.7 Å². The van der Waals surface area contributed by atoms with Crippen LogP contribution in [0.5, 0.6) is 0 Å². The first-order valence-corrected chi connectivity index (χ1v) is 12.2. The lowest BCUT2D eigenvalue weighted by atomic mass is 10.1. The average Bonchev–Trinajstić information content (AvgIpc) is 3.17. The fourth-order valence-corrected chi connectivity index (χ4v) is 3.65. The van der Waals surface area contributed by atoms with E-state index in [9.17, 15) is 24.3 Å². The van der Waals surface area contributed by atoms with Crippen molar-refractivity contribution < 1.29 is 33.8 Å². The van der Waals surface area contributed by atoms with Crippen molar-refractivity contribution in [1.29, 1.82) is 5.41 Å². The summed E-state index contributed by atoms with van der Waals surface area (Å²) in [5.74, 6) is -2.01. The Labute approximate surface area is 221 Å². The van der Waals surface area contributed by atoms with Crippen molar-refractivity contribution in [2.24, 2.45) is 7.05 Å². The van der Waals surface area contributed by atoms with Gasteiger partial charge in [0.1, 0.15) is 6.10 Å². The molecule has 38 heavy (non-hydrogen) atoms. The third-order valence-corrected chi connectivity index (χ3v) is 5.62. The monoisotopic (exact) mass is 529 g/mol. The quantitative estimate of drug-likeness (QED) is 0.159. The third-order valence-electron chi connectivity index (χ3n) is 5.62. The number of nitrogens with zero attached hydrogens (tertiary/aromatic N) is 2. The number of carbonyl (C=O) groups excluding carboxylic acids is 4. The van der Waals surface area contributed by atoms with Crippen LogP contribution in [0, 0.1) is 19.3 Å². The van der Waals surface area contributed by atoms with E-state index in [1.54, 1.807) is 50.7 Å². The highest BCUT2D eigenvalue weighted by Gasteiger charge is 2.30. The number of amidine groups is 1. The zero-order valence-electron chi connectivity index (χ0n) is 22.5. The van der Waals surface area contributed by atoms with Gasteiger partial charge in [0.25, 0.3) is 11.8 Å². The summed E-state index contributed by atoms with van der Waals surface area (Å²) >= 11 is 0. The summed E-state index contributed by atoms with van der Waals surface area (Å²) in [6, 6.07) is 4.69. The van der Waals surface area contributed by atoms with Gasteiger partial charge < -0.3 is 29.8 Å². The number of amides is 3. The summed E-state index contributed by atoms with van der Waals surface area (Å²) in [6.45, 7) is 8.33. The number of nitrogens with one attached hydrogen (secondary N) is 3. The molecule has 206 valence electrons. The van der Waals surface area contributed by atoms with Gasteiger partial charge in [0, 0.05) is 31.9 Å². The number of benzene rings is 1. The number of rotatable bonds is 10. The summed E-state index contributed by atoms with van der Waals surface area (Å²) < 4.78 is 11.4. The summed E-state index contributed by atoms with van der Waals surface area (Å²) in [6.07, 6.45) is -0.191. The standard InChI is InChI=1S/C26H35N5O7/c1-7-11-29-23(33)18-10-9-15(3)20(12-18)31(26(36)38-14-37-25(35)17(5)32)22(27)21-16(4)19(13-30(21)6)24(34)28-8-2/h9-10,12-13,17,27,32H,7-8,11,14H2,1-6H3,(H,28,34)(H,29,33). The van der Waals surface area contributed by atoms with Crippen LogP contribution in [-0.2, 0) is 21.3 Å². The van der Waals surface area contributed by atoms with Crippen LogP contribution in [0.15, 0.2) is 24.4 Å². The molecule has 1 aromatic carbocycles. The number of anilines is 1. The second-order valence-electron chi connectivity index (χ2n) is 8.60. The van der Waals surface area contributed by atoms with E-state index < -0.39 is 25.0 Å². The summed E-state index contributed by atoms with van der Waals surface area (Å²) in [4.78, 5) is 51.0. The minimum atomic E-state index is -1.41. The molecule has 12 heteroatoms. The minimum absolute atomic E-state index is 0.186. The zero-order valence-corrected chi connectivity index (χ0v) is 22.5. The maximum absolute atomic E-state index is 13.3. The first-order valence-electron chi connectivity index (χ1n) is 12.2. The second kappa shape index (κ2) is 13.4. The Kier molecular flexibility index (Phi) is 10.6. The number of ether oxygens (including phenoxy) is 2. The smallest absolute Gasteiger partial charge is 0.423 e. The Morgan fingerprint density at radius 1 is 1.11 bits per heavy atom. The zero-order chi connectivity index (χ0) is 28.6. The van der Waals surface area contributed by atoms with Gasteiger partial charge in [-0.15, -0.1) is 0 Å². The first-order chi connectivity index (χ1) is 17.9. The van der Waals surface area contributed by atoms with Crippen LogP contribution in [0.4, 0.5) is 10.5 Å². The van der Waals surface area contributed by atoms with Crippen molar-refractivity contribution in [3.8, 4) is 0 Å². The fourth-order valence-electron chi connectivity index (χ4n) is 3.65. The molecule has 0 fully saturated rings. The van der Waals surface area contributed by atoms with E-state index in [1.165, 1.54) is 13.0 Å². The van der Waals surface area contributed by atoms with Crippen molar-refractivity contribution in [2.75, 3.05) is 24.8 Å². The molecule has 2 rings (SSSR count).